The number of ether oxygens (including phenoxy) is 4. The highest BCUT2D eigenvalue weighted by molar-refractivity contribution is 6.28. The molecule has 2 aromatic heterocycles. The molecule has 0 amide bonds. The van der Waals surface area contributed by atoms with Crippen LogP contribution in [0.4, 0.5) is 4.39 Å². The largest absolute Gasteiger partial charge is 0.461 e. The summed E-state index contributed by atoms with van der Waals surface area (Å²) in [5.74, 6) is -1.72. The molecule has 0 aliphatic carbocycles. The summed E-state index contributed by atoms with van der Waals surface area (Å²) in [5.41, 5.74) is 5.84. The summed E-state index contributed by atoms with van der Waals surface area (Å²) in [6, 6.07) is 0.343. The Morgan fingerprint density at radius 1 is 0.971 bits per heavy atom. The third-order valence-electron chi connectivity index (χ3n) is 4.37. The number of carbonyl (C=O) groups excluding carboxylic acids is 2. The van der Waals surface area contributed by atoms with E-state index in [0.29, 0.717) is 38.2 Å². The maximum absolute atomic E-state index is 12.9. The molecule has 2 aromatic rings. The van der Waals surface area contributed by atoms with Crippen molar-refractivity contribution in [3.63, 3.8) is 0 Å². The van der Waals surface area contributed by atoms with Gasteiger partial charge in [-0.3, -0.25) is 0 Å². The second-order valence-corrected chi connectivity index (χ2v) is 7.87. The van der Waals surface area contributed by atoms with Crippen molar-refractivity contribution in [2.45, 2.75) is 26.3 Å². The fourth-order valence-electron chi connectivity index (χ4n) is 2.57. The quantitative estimate of drug-likeness (QED) is 0.430. The van der Waals surface area contributed by atoms with Crippen LogP contribution in [0.25, 0.3) is 0 Å². The van der Waals surface area contributed by atoms with E-state index in [-0.39, 0.29) is 22.9 Å². The monoisotopic (exact) mass is 533 g/mol. The highest BCUT2D eigenvalue weighted by atomic mass is 35.5. The van der Waals surface area contributed by atoms with Crippen LogP contribution in [0.2, 0.25) is 10.6 Å². The summed E-state index contributed by atoms with van der Waals surface area (Å²) in [7, 11) is 0. The highest BCUT2D eigenvalue weighted by Crippen LogP contribution is 2.19. The molecular weight excluding hydrogens is 508 g/mol. The van der Waals surface area contributed by atoms with Crippen LogP contribution < -0.4 is 5.73 Å². The van der Waals surface area contributed by atoms with Crippen LogP contribution in [0, 0.1) is 11.7 Å². The normalized spacial score (nSPS) is 14.8. The Morgan fingerprint density at radius 2 is 1.46 bits per heavy atom. The van der Waals surface area contributed by atoms with Crippen LogP contribution in [0.15, 0.2) is 12.4 Å². The average Bonchev–Trinajstić information content (AvgIpc) is 2.78. The van der Waals surface area contributed by atoms with Gasteiger partial charge in [0.1, 0.15) is 0 Å². The number of esters is 2. The van der Waals surface area contributed by atoms with Crippen LogP contribution >= 0.6 is 23.2 Å². The summed E-state index contributed by atoms with van der Waals surface area (Å²) in [5, 5.41) is -0.133. The minimum Gasteiger partial charge on any atom is -0.461 e. The van der Waals surface area contributed by atoms with Crippen molar-refractivity contribution in [3.8, 4) is 0 Å². The summed E-state index contributed by atoms with van der Waals surface area (Å²) in [6.07, 6.45) is 3.12. The number of nitrogens with zero attached hydrogens (tertiary/aromatic N) is 4. The molecule has 192 valence electrons. The smallest absolute Gasteiger partial charge is 0.360 e. The maximum atomic E-state index is 12.9. The number of nitrogens with two attached hydrogens (primary N) is 1. The zero-order chi connectivity index (χ0) is 25.8. The van der Waals surface area contributed by atoms with E-state index in [9.17, 15) is 14.0 Å². The molecule has 35 heavy (non-hydrogen) atoms. The lowest BCUT2D eigenvalue weighted by molar-refractivity contribution is -0.0314. The van der Waals surface area contributed by atoms with Gasteiger partial charge in [-0.2, -0.15) is 0 Å². The minimum absolute atomic E-state index is 0.0571. The SMILES string of the molecule is CCOC(=O)c1nc(Cl)ncc1CC1COC1.CCOC(=O)c1nc(Cl)ncc1F.NC1COC1. The summed E-state index contributed by atoms with van der Waals surface area (Å²) >= 11 is 11.1. The second kappa shape index (κ2) is 14.8. The molecule has 4 heterocycles. The first-order valence-corrected chi connectivity index (χ1v) is 11.4. The average molecular weight is 534 g/mol. The van der Waals surface area contributed by atoms with Gasteiger partial charge in [-0.25, -0.2) is 33.9 Å². The zero-order valence-corrected chi connectivity index (χ0v) is 20.7. The van der Waals surface area contributed by atoms with Crippen molar-refractivity contribution in [2.24, 2.45) is 11.7 Å². The third kappa shape index (κ3) is 9.57. The molecule has 0 radical (unpaired) electrons. The Bertz CT molecular complexity index is 995. The van der Waals surface area contributed by atoms with E-state index in [1.807, 2.05) is 0 Å². The summed E-state index contributed by atoms with van der Waals surface area (Å²) in [6.45, 7) is 6.78. The van der Waals surface area contributed by atoms with Gasteiger partial charge in [0.05, 0.1) is 51.9 Å². The van der Waals surface area contributed by atoms with Crippen molar-refractivity contribution in [1.82, 2.24) is 19.9 Å². The standard InChI is InChI=1S/C11H13ClN2O3.C7H6ClFN2O2.C3H7NO/c1-2-17-10(15)9-8(3-7-5-16-6-7)4-13-11(12)14-9;1-2-13-6(12)5-4(9)3-10-7(8)11-5;4-3-1-5-2-3/h4,7H,2-3,5-6H2,1H3;3H,2H2,1H3;3H,1-2,4H2. The molecule has 0 spiro atoms. The zero-order valence-electron chi connectivity index (χ0n) is 19.2. The number of rotatable bonds is 6. The van der Waals surface area contributed by atoms with Crippen molar-refractivity contribution >= 4 is 35.1 Å². The first-order valence-electron chi connectivity index (χ1n) is 10.7. The molecule has 0 atom stereocenters. The van der Waals surface area contributed by atoms with Gasteiger partial charge < -0.3 is 24.7 Å². The van der Waals surface area contributed by atoms with E-state index in [0.717, 1.165) is 25.0 Å². The predicted octanol–water partition coefficient (Wildman–Crippen LogP) is 2.29. The number of halogens is 3. The van der Waals surface area contributed by atoms with Gasteiger partial charge in [-0.15, -0.1) is 0 Å². The first-order chi connectivity index (χ1) is 16.7. The lowest BCUT2D eigenvalue weighted by Gasteiger charge is -2.26. The Morgan fingerprint density at radius 3 is 1.91 bits per heavy atom. The molecule has 2 fully saturated rings. The van der Waals surface area contributed by atoms with Gasteiger partial charge in [0.2, 0.25) is 10.6 Å². The molecule has 11 nitrogen and oxygen atoms in total. The minimum atomic E-state index is -0.845. The molecule has 4 rings (SSSR count). The fourth-order valence-corrected chi connectivity index (χ4v) is 2.83. The van der Waals surface area contributed by atoms with Gasteiger partial charge in [-0.1, -0.05) is 0 Å². The van der Waals surface area contributed by atoms with Crippen LogP contribution in [-0.2, 0) is 25.4 Å². The van der Waals surface area contributed by atoms with Crippen LogP contribution in [0.1, 0.15) is 40.4 Å². The molecule has 2 aliphatic rings. The fraction of sp³-hybridized carbons (Fsp3) is 0.524. The van der Waals surface area contributed by atoms with Crippen LogP contribution in [0.3, 0.4) is 0 Å². The van der Waals surface area contributed by atoms with Gasteiger partial charge in [-0.05, 0) is 43.5 Å². The topological polar surface area (TPSA) is 149 Å². The Labute approximate surface area is 211 Å². The van der Waals surface area contributed by atoms with Crippen LogP contribution in [-0.4, -0.2) is 77.6 Å². The summed E-state index contributed by atoms with van der Waals surface area (Å²) < 4.78 is 32.1. The van der Waals surface area contributed by atoms with Gasteiger partial charge in [0, 0.05) is 17.7 Å². The highest BCUT2D eigenvalue weighted by Gasteiger charge is 2.23. The molecule has 0 aromatic carbocycles. The van der Waals surface area contributed by atoms with E-state index < -0.39 is 23.4 Å². The molecule has 0 saturated carbocycles. The van der Waals surface area contributed by atoms with E-state index in [4.69, 9.17) is 43.1 Å². The molecule has 14 heteroatoms. The number of hydrogen-bond acceptors (Lipinski definition) is 11. The van der Waals surface area contributed by atoms with Crippen molar-refractivity contribution in [1.29, 1.82) is 0 Å². The van der Waals surface area contributed by atoms with Crippen molar-refractivity contribution < 1.29 is 32.9 Å². The number of aromatic nitrogens is 4. The van der Waals surface area contributed by atoms with Crippen molar-refractivity contribution in [2.75, 3.05) is 39.6 Å². The maximum Gasteiger partial charge on any atom is 0.360 e. The first kappa shape index (κ1) is 28.7. The van der Waals surface area contributed by atoms with Gasteiger partial charge >= 0.3 is 11.9 Å². The number of hydrogen-bond donors (Lipinski definition) is 1. The molecule has 2 saturated heterocycles. The Kier molecular flexibility index (Phi) is 12.1. The molecular formula is C21H26Cl2FN5O6. The molecule has 2 aliphatic heterocycles. The predicted molar refractivity (Wildman–Crippen MR) is 123 cm³/mol. The van der Waals surface area contributed by atoms with E-state index in [1.165, 1.54) is 0 Å². The molecule has 0 unspecified atom stereocenters. The second-order valence-electron chi connectivity index (χ2n) is 7.19. The van der Waals surface area contributed by atoms with Crippen molar-refractivity contribution in [3.05, 3.63) is 45.7 Å². The lowest BCUT2D eigenvalue weighted by atomic mass is 9.98. The third-order valence-corrected chi connectivity index (χ3v) is 4.73. The van der Waals surface area contributed by atoms with E-state index in [2.05, 4.69) is 24.7 Å². The number of carbonyl (C=O) groups is 2. The lowest BCUT2D eigenvalue weighted by Crippen LogP contribution is -2.41. The Hall–Kier alpha value is -2.51. The van der Waals surface area contributed by atoms with Gasteiger partial charge in [0.15, 0.2) is 17.2 Å². The van der Waals surface area contributed by atoms with Gasteiger partial charge in [0.25, 0.3) is 0 Å². The molecule has 2 N–H and O–H groups in total. The van der Waals surface area contributed by atoms with Crippen LogP contribution in [0.5, 0.6) is 0 Å². The Balaban J connectivity index is 0.000000211. The summed E-state index contributed by atoms with van der Waals surface area (Å²) in [4.78, 5) is 37.3. The van der Waals surface area contributed by atoms with E-state index in [1.54, 1.807) is 20.0 Å². The van der Waals surface area contributed by atoms with E-state index >= 15 is 0 Å². The molecule has 0 bridgehead atoms.